The van der Waals surface area contributed by atoms with Crippen LogP contribution in [0.1, 0.15) is 44.0 Å². The molecule has 26 heavy (non-hydrogen) atoms. The third-order valence-electron chi connectivity index (χ3n) is 3.84. The Bertz CT molecular complexity index is 664. The van der Waals surface area contributed by atoms with E-state index in [-0.39, 0.29) is 40.1 Å². The van der Waals surface area contributed by atoms with E-state index in [0.29, 0.717) is 6.54 Å². The first-order chi connectivity index (χ1) is 12.1. The average Bonchev–Trinajstić information content (AvgIpc) is 3.00. The number of hydrogen-bond acceptors (Lipinski definition) is 5. The number of rotatable bonds is 4. The highest BCUT2D eigenvalue weighted by Crippen LogP contribution is 2.35. The van der Waals surface area contributed by atoms with Crippen LogP contribution < -0.4 is 4.74 Å². The molecule has 0 aromatic heterocycles. The summed E-state index contributed by atoms with van der Waals surface area (Å²) in [6, 6.07) is 2.75. The van der Waals surface area contributed by atoms with Gasteiger partial charge < -0.3 is 19.1 Å². The molecule has 0 N–H and O–H groups in total. The minimum absolute atomic E-state index is 0.128. The fourth-order valence-electron chi connectivity index (χ4n) is 2.68. The van der Waals surface area contributed by atoms with Gasteiger partial charge in [-0.05, 0) is 45.7 Å². The molecule has 0 spiro atoms. The van der Waals surface area contributed by atoms with E-state index in [2.05, 4.69) is 4.74 Å². The van der Waals surface area contributed by atoms with Crippen LogP contribution in [0.5, 0.6) is 5.75 Å². The lowest BCUT2D eigenvalue weighted by atomic mass is 10.2. The van der Waals surface area contributed by atoms with Crippen LogP contribution in [0.15, 0.2) is 12.1 Å². The first-order valence-electron chi connectivity index (χ1n) is 8.32. The van der Waals surface area contributed by atoms with Crippen LogP contribution >= 0.6 is 23.2 Å². The van der Waals surface area contributed by atoms with Crippen molar-refractivity contribution in [1.82, 2.24) is 4.90 Å². The van der Waals surface area contributed by atoms with Crippen molar-refractivity contribution in [3.63, 3.8) is 0 Å². The van der Waals surface area contributed by atoms with Crippen LogP contribution in [0.3, 0.4) is 0 Å². The maximum atomic E-state index is 12.3. The third kappa shape index (κ3) is 5.17. The summed E-state index contributed by atoms with van der Waals surface area (Å²) in [6.07, 6.45) is 1.31. The molecular formula is C18H23Cl2NO5. The summed E-state index contributed by atoms with van der Waals surface area (Å²) in [7, 11) is 1.28. The second-order valence-corrected chi connectivity index (χ2v) is 7.86. The Hall–Kier alpha value is -1.66. The fraction of sp³-hybridized carbons (Fsp3) is 0.556. The Balaban J connectivity index is 2.06. The molecule has 8 heteroatoms. The summed E-state index contributed by atoms with van der Waals surface area (Å²) in [6.45, 7) is 6.33. The molecule has 0 bridgehead atoms. The molecule has 144 valence electrons. The van der Waals surface area contributed by atoms with E-state index in [1.165, 1.54) is 19.2 Å². The number of halogens is 2. The lowest BCUT2D eigenvalue weighted by Gasteiger charge is -2.28. The first kappa shape index (κ1) is 20.6. The maximum Gasteiger partial charge on any atom is 0.410 e. The molecule has 0 saturated carbocycles. The molecule has 0 aliphatic carbocycles. The zero-order valence-electron chi connectivity index (χ0n) is 15.3. The molecule has 1 fully saturated rings. The summed E-state index contributed by atoms with van der Waals surface area (Å²) in [5, 5.41) is 0.416. The van der Waals surface area contributed by atoms with Gasteiger partial charge in [-0.15, -0.1) is 0 Å². The van der Waals surface area contributed by atoms with Crippen molar-refractivity contribution in [1.29, 1.82) is 0 Å². The van der Waals surface area contributed by atoms with Crippen LogP contribution in [0.4, 0.5) is 4.79 Å². The molecule has 1 heterocycles. The van der Waals surface area contributed by atoms with E-state index >= 15 is 0 Å². The second kappa shape index (κ2) is 8.35. The Morgan fingerprint density at radius 1 is 1.23 bits per heavy atom. The molecule has 1 saturated heterocycles. The normalized spacial score (nSPS) is 17.2. The molecule has 1 amide bonds. The number of carbonyl (C=O) groups excluding carboxylic acids is 2. The number of esters is 1. The van der Waals surface area contributed by atoms with Crippen LogP contribution in [-0.4, -0.2) is 48.9 Å². The number of nitrogens with zero attached hydrogens (tertiary/aromatic N) is 1. The highest BCUT2D eigenvalue weighted by molar-refractivity contribution is 6.37. The second-order valence-electron chi connectivity index (χ2n) is 7.04. The van der Waals surface area contributed by atoms with E-state index in [0.717, 1.165) is 12.8 Å². The van der Waals surface area contributed by atoms with Gasteiger partial charge in [0.05, 0.1) is 28.8 Å². The number of amides is 1. The van der Waals surface area contributed by atoms with E-state index in [4.69, 9.17) is 32.7 Å². The summed E-state index contributed by atoms with van der Waals surface area (Å²) >= 11 is 12.4. The van der Waals surface area contributed by atoms with Crippen molar-refractivity contribution in [3.05, 3.63) is 27.7 Å². The molecule has 1 aromatic carbocycles. The van der Waals surface area contributed by atoms with E-state index in [1.54, 1.807) is 4.90 Å². The average molecular weight is 404 g/mol. The van der Waals surface area contributed by atoms with Crippen LogP contribution in [0.25, 0.3) is 0 Å². The van der Waals surface area contributed by atoms with Gasteiger partial charge in [-0.3, -0.25) is 0 Å². The van der Waals surface area contributed by atoms with Gasteiger partial charge in [0.25, 0.3) is 0 Å². The number of carbonyl (C=O) groups is 2. The monoisotopic (exact) mass is 403 g/mol. The zero-order chi connectivity index (χ0) is 19.5. The topological polar surface area (TPSA) is 65.1 Å². The van der Waals surface area contributed by atoms with Gasteiger partial charge in [-0.2, -0.15) is 0 Å². The number of hydrogen-bond donors (Lipinski definition) is 0. The van der Waals surface area contributed by atoms with E-state index < -0.39 is 11.6 Å². The number of likely N-dealkylation sites (tertiary alicyclic amines) is 1. The predicted molar refractivity (Wildman–Crippen MR) is 99.3 cm³/mol. The van der Waals surface area contributed by atoms with Crippen molar-refractivity contribution in [2.45, 2.75) is 45.3 Å². The standard InChI is InChI=1S/C18H23Cl2NO5/c1-18(2,3)26-17(23)21-7-5-6-12(21)10-25-15-13(19)8-11(9-14(15)20)16(22)24-4/h8-9,12H,5-7,10H2,1-4H3/t12-/m0/s1. The highest BCUT2D eigenvalue weighted by atomic mass is 35.5. The Kier molecular flexibility index (Phi) is 6.64. The van der Waals surface area contributed by atoms with Crippen LogP contribution in [0.2, 0.25) is 10.0 Å². The van der Waals surface area contributed by atoms with Gasteiger partial charge in [0.1, 0.15) is 12.2 Å². The van der Waals surface area contributed by atoms with Crippen molar-refractivity contribution in [2.24, 2.45) is 0 Å². The highest BCUT2D eigenvalue weighted by Gasteiger charge is 2.33. The zero-order valence-corrected chi connectivity index (χ0v) is 16.8. The smallest absolute Gasteiger partial charge is 0.410 e. The van der Waals surface area contributed by atoms with Crippen molar-refractivity contribution in [3.8, 4) is 5.75 Å². The number of methoxy groups -OCH3 is 1. The number of ether oxygens (including phenoxy) is 3. The van der Waals surface area contributed by atoms with E-state index in [9.17, 15) is 9.59 Å². The molecule has 6 nitrogen and oxygen atoms in total. The first-order valence-corrected chi connectivity index (χ1v) is 9.07. The summed E-state index contributed by atoms with van der Waals surface area (Å²) < 4.78 is 15.9. The SMILES string of the molecule is COC(=O)c1cc(Cl)c(OC[C@@H]2CCCN2C(=O)OC(C)(C)C)c(Cl)c1. The van der Waals surface area contributed by atoms with Crippen molar-refractivity contribution >= 4 is 35.3 Å². The van der Waals surface area contributed by atoms with Gasteiger partial charge in [-0.1, -0.05) is 23.2 Å². The van der Waals surface area contributed by atoms with Gasteiger partial charge in [0.2, 0.25) is 0 Å². The maximum absolute atomic E-state index is 12.3. The Morgan fingerprint density at radius 3 is 2.38 bits per heavy atom. The van der Waals surface area contributed by atoms with Crippen molar-refractivity contribution in [2.75, 3.05) is 20.3 Å². The molecule has 1 aliphatic heterocycles. The van der Waals surface area contributed by atoms with E-state index in [1.807, 2.05) is 20.8 Å². The van der Waals surface area contributed by atoms with Crippen LogP contribution in [-0.2, 0) is 9.47 Å². The fourth-order valence-corrected chi connectivity index (χ4v) is 3.28. The lowest BCUT2D eigenvalue weighted by Crippen LogP contribution is -2.42. The van der Waals surface area contributed by atoms with Gasteiger partial charge >= 0.3 is 12.1 Å². The predicted octanol–water partition coefficient (Wildman–Crippen LogP) is 4.56. The molecule has 0 unspecified atom stereocenters. The molecule has 1 atom stereocenters. The Labute approximate surface area is 163 Å². The lowest BCUT2D eigenvalue weighted by molar-refractivity contribution is 0.0187. The van der Waals surface area contributed by atoms with Gasteiger partial charge in [0, 0.05) is 6.54 Å². The molecule has 1 aliphatic rings. The largest absolute Gasteiger partial charge is 0.488 e. The molecule has 1 aromatic rings. The number of benzene rings is 1. The quantitative estimate of drug-likeness (QED) is 0.689. The van der Waals surface area contributed by atoms with Crippen molar-refractivity contribution < 1.29 is 23.8 Å². The minimum Gasteiger partial charge on any atom is -0.488 e. The summed E-state index contributed by atoms with van der Waals surface area (Å²) in [4.78, 5) is 25.6. The minimum atomic E-state index is -0.554. The van der Waals surface area contributed by atoms with Gasteiger partial charge in [0.15, 0.2) is 5.75 Å². The third-order valence-corrected chi connectivity index (χ3v) is 4.41. The molecule has 2 rings (SSSR count). The van der Waals surface area contributed by atoms with Gasteiger partial charge in [-0.25, -0.2) is 9.59 Å². The summed E-state index contributed by atoms with van der Waals surface area (Å²) in [5.74, 6) is -0.260. The molecule has 0 radical (unpaired) electrons. The Morgan fingerprint density at radius 2 is 1.85 bits per heavy atom. The summed E-state index contributed by atoms with van der Waals surface area (Å²) in [5.41, 5.74) is -0.312. The van der Waals surface area contributed by atoms with Crippen LogP contribution in [0, 0.1) is 0 Å². The molecular weight excluding hydrogens is 381 g/mol.